The van der Waals surface area contributed by atoms with Crippen LogP contribution >= 0.6 is 0 Å². The minimum absolute atomic E-state index is 0.244. The molecular formula is C15H25BO3. The molecule has 2 aliphatic rings. The lowest BCUT2D eigenvalue weighted by atomic mass is 9.79. The topological polar surface area (TPSA) is 27.7 Å². The van der Waals surface area contributed by atoms with Crippen LogP contribution in [-0.2, 0) is 14.0 Å². The lowest BCUT2D eigenvalue weighted by Gasteiger charge is -2.32. The van der Waals surface area contributed by atoms with E-state index in [1.807, 2.05) is 6.08 Å². The zero-order chi connectivity index (χ0) is 14.5. The highest BCUT2D eigenvalue weighted by molar-refractivity contribution is 6.51. The molecule has 0 radical (unpaired) electrons. The third-order valence-electron chi connectivity index (χ3n) is 4.59. The van der Waals surface area contributed by atoms with Gasteiger partial charge >= 0.3 is 7.12 Å². The summed E-state index contributed by atoms with van der Waals surface area (Å²) in [6.45, 7) is 17.0. The van der Waals surface area contributed by atoms with E-state index in [4.69, 9.17) is 14.0 Å². The Morgan fingerprint density at radius 1 is 1.11 bits per heavy atom. The SMILES string of the molecule is C=CC1COC(C)(C)/C1=C\B1OC(C)(C)C(C)(C)O1. The molecule has 3 nitrogen and oxygen atoms in total. The second-order valence-corrected chi connectivity index (χ2v) is 6.91. The Hall–Kier alpha value is -0.575. The Morgan fingerprint density at radius 3 is 2.11 bits per heavy atom. The number of hydrogen-bond donors (Lipinski definition) is 0. The van der Waals surface area contributed by atoms with Crippen LogP contribution in [0.5, 0.6) is 0 Å². The van der Waals surface area contributed by atoms with Crippen molar-refractivity contribution in [2.75, 3.05) is 6.61 Å². The van der Waals surface area contributed by atoms with Gasteiger partial charge in [0, 0.05) is 5.92 Å². The Balaban J connectivity index is 2.25. The van der Waals surface area contributed by atoms with Gasteiger partial charge in [-0.3, -0.25) is 0 Å². The molecule has 0 amide bonds. The fourth-order valence-electron chi connectivity index (χ4n) is 2.54. The summed E-state index contributed by atoms with van der Waals surface area (Å²) >= 11 is 0. The zero-order valence-corrected chi connectivity index (χ0v) is 12.9. The number of ether oxygens (including phenoxy) is 1. The summed E-state index contributed by atoms with van der Waals surface area (Å²) in [5.41, 5.74) is 0.313. The molecule has 106 valence electrons. The molecule has 2 saturated heterocycles. The minimum atomic E-state index is -0.316. The van der Waals surface area contributed by atoms with Crippen LogP contribution in [0.3, 0.4) is 0 Å². The summed E-state index contributed by atoms with van der Waals surface area (Å²) in [5.74, 6) is 2.31. The van der Waals surface area contributed by atoms with Gasteiger partial charge in [-0.25, -0.2) is 0 Å². The minimum Gasteiger partial charge on any atom is -0.400 e. The van der Waals surface area contributed by atoms with Gasteiger partial charge in [-0.1, -0.05) is 12.1 Å². The van der Waals surface area contributed by atoms with E-state index < -0.39 is 0 Å². The van der Waals surface area contributed by atoms with Gasteiger partial charge in [0.05, 0.1) is 23.4 Å². The van der Waals surface area contributed by atoms with Crippen molar-refractivity contribution in [3.8, 4) is 0 Å². The van der Waals surface area contributed by atoms with Gasteiger partial charge in [-0.15, -0.1) is 6.58 Å². The lowest BCUT2D eigenvalue weighted by Crippen LogP contribution is -2.41. The first-order chi connectivity index (χ1) is 8.59. The van der Waals surface area contributed by atoms with Crippen molar-refractivity contribution in [2.24, 2.45) is 5.92 Å². The van der Waals surface area contributed by atoms with E-state index in [-0.39, 0.29) is 29.8 Å². The molecule has 2 rings (SSSR count). The maximum Gasteiger partial charge on any atom is 0.487 e. The van der Waals surface area contributed by atoms with Crippen molar-refractivity contribution >= 4 is 7.12 Å². The molecule has 19 heavy (non-hydrogen) atoms. The summed E-state index contributed by atoms with van der Waals surface area (Å²) in [7, 11) is -0.316. The molecule has 0 aliphatic carbocycles. The largest absolute Gasteiger partial charge is 0.487 e. The predicted molar refractivity (Wildman–Crippen MR) is 77.9 cm³/mol. The highest BCUT2D eigenvalue weighted by Crippen LogP contribution is 2.40. The molecule has 2 aliphatic heterocycles. The van der Waals surface area contributed by atoms with Crippen LogP contribution in [0.25, 0.3) is 0 Å². The third kappa shape index (κ3) is 2.54. The smallest absolute Gasteiger partial charge is 0.400 e. The molecule has 0 aromatic rings. The summed E-state index contributed by atoms with van der Waals surface area (Å²) < 4.78 is 17.9. The number of hydrogen-bond acceptors (Lipinski definition) is 3. The van der Waals surface area contributed by atoms with Gasteiger partial charge in [0.2, 0.25) is 0 Å². The maximum atomic E-state index is 6.02. The Labute approximate surface area is 117 Å². The quantitative estimate of drug-likeness (QED) is 0.566. The average molecular weight is 264 g/mol. The van der Waals surface area contributed by atoms with Crippen molar-refractivity contribution in [1.29, 1.82) is 0 Å². The van der Waals surface area contributed by atoms with E-state index in [2.05, 4.69) is 54.1 Å². The molecule has 2 heterocycles. The summed E-state index contributed by atoms with van der Waals surface area (Å²) in [5, 5.41) is 0. The van der Waals surface area contributed by atoms with Crippen LogP contribution in [0.15, 0.2) is 24.2 Å². The van der Waals surface area contributed by atoms with Crippen LogP contribution < -0.4 is 0 Å². The first-order valence-corrected chi connectivity index (χ1v) is 6.93. The average Bonchev–Trinajstić information content (AvgIpc) is 2.63. The fourth-order valence-corrected chi connectivity index (χ4v) is 2.54. The molecule has 0 bridgehead atoms. The second kappa shape index (κ2) is 4.47. The summed E-state index contributed by atoms with van der Waals surface area (Å²) in [6, 6.07) is 0. The highest BCUT2D eigenvalue weighted by Gasteiger charge is 2.51. The van der Waals surface area contributed by atoms with Gasteiger partial charge in [0.1, 0.15) is 0 Å². The molecule has 0 spiro atoms. The maximum absolute atomic E-state index is 6.02. The van der Waals surface area contributed by atoms with Crippen molar-refractivity contribution in [2.45, 2.75) is 58.3 Å². The van der Waals surface area contributed by atoms with Crippen LogP contribution in [0.1, 0.15) is 41.5 Å². The van der Waals surface area contributed by atoms with Crippen LogP contribution in [0.2, 0.25) is 0 Å². The van der Waals surface area contributed by atoms with E-state index in [9.17, 15) is 0 Å². The second-order valence-electron chi connectivity index (χ2n) is 6.91. The van der Waals surface area contributed by atoms with Gasteiger partial charge in [-0.05, 0) is 47.1 Å². The normalized spacial score (nSPS) is 33.9. The van der Waals surface area contributed by atoms with E-state index >= 15 is 0 Å². The molecule has 1 unspecified atom stereocenters. The first-order valence-electron chi connectivity index (χ1n) is 6.93. The Bertz CT molecular complexity index is 394. The Morgan fingerprint density at radius 2 is 1.63 bits per heavy atom. The molecule has 1 atom stereocenters. The van der Waals surface area contributed by atoms with Gasteiger partial charge in [0.25, 0.3) is 0 Å². The van der Waals surface area contributed by atoms with Crippen LogP contribution in [-0.4, -0.2) is 30.5 Å². The van der Waals surface area contributed by atoms with Gasteiger partial charge in [-0.2, -0.15) is 0 Å². The molecule has 0 N–H and O–H groups in total. The highest BCUT2D eigenvalue weighted by atomic mass is 16.7. The van der Waals surface area contributed by atoms with Gasteiger partial charge in [0.15, 0.2) is 0 Å². The lowest BCUT2D eigenvalue weighted by molar-refractivity contribution is 0.00578. The molecule has 0 aromatic carbocycles. The molecule has 0 saturated carbocycles. The third-order valence-corrected chi connectivity index (χ3v) is 4.59. The molecule has 2 fully saturated rings. The summed E-state index contributed by atoms with van der Waals surface area (Å²) in [4.78, 5) is 0. The zero-order valence-electron chi connectivity index (χ0n) is 12.9. The summed E-state index contributed by atoms with van der Waals surface area (Å²) in [6.07, 6.45) is 1.94. The predicted octanol–water partition coefficient (Wildman–Crippen LogP) is 3.16. The van der Waals surface area contributed by atoms with Crippen molar-refractivity contribution in [3.63, 3.8) is 0 Å². The van der Waals surface area contributed by atoms with Crippen LogP contribution in [0.4, 0.5) is 0 Å². The van der Waals surface area contributed by atoms with Gasteiger partial charge < -0.3 is 14.0 Å². The van der Waals surface area contributed by atoms with E-state index in [1.165, 1.54) is 5.57 Å². The van der Waals surface area contributed by atoms with E-state index in [0.29, 0.717) is 6.61 Å². The van der Waals surface area contributed by atoms with E-state index in [0.717, 1.165) is 0 Å². The standard InChI is InChI=1S/C15H25BO3/c1-8-11-10-17-13(2,3)12(11)9-16-18-14(4,5)15(6,7)19-16/h8-9,11H,1,10H2,2-7H3/b12-9-. The first kappa shape index (κ1) is 14.8. The van der Waals surface area contributed by atoms with Crippen molar-refractivity contribution in [3.05, 3.63) is 24.2 Å². The van der Waals surface area contributed by atoms with Crippen molar-refractivity contribution in [1.82, 2.24) is 0 Å². The van der Waals surface area contributed by atoms with E-state index in [1.54, 1.807) is 0 Å². The molecule has 4 heteroatoms. The molecular weight excluding hydrogens is 239 g/mol. The fraction of sp³-hybridized carbons (Fsp3) is 0.733. The Kier molecular flexibility index (Phi) is 3.49. The van der Waals surface area contributed by atoms with Crippen molar-refractivity contribution < 1.29 is 14.0 Å². The number of rotatable bonds is 2. The monoisotopic (exact) mass is 264 g/mol. The molecule has 0 aromatic heterocycles. The van der Waals surface area contributed by atoms with Crippen LogP contribution in [0, 0.1) is 5.92 Å².